The maximum absolute atomic E-state index is 13.2. The molecule has 0 spiro atoms. The fourth-order valence-corrected chi connectivity index (χ4v) is 2.05. The number of nitrogens with zero attached hydrogens (tertiary/aromatic N) is 1. The molecule has 2 aromatic rings. The minimum absolute atomic E-state index is 0.293. The van der Waals surface area contributed by atoms with E-state index in [0.29, 0.717) is 15.9 Å². The van der Waals surface area contributed by atoms with Gasteiger partial charge >= 0.3 is 0 Å². The summed E-state index contributed by atoms with van der Waals surface area (Å²) in [4.78, 5) is 3.91. The van der Waals surface area contributed by atoms with Crippen LogP contribution in [-0.4, -0.2) is 4.98 Å². The van der Waals surface area contributed by atoms with E-state index in [2.05, 4.69) is 20.9 Å². The molecule has 66 valence electrons. The van der Waals surface area contributed by atoms with Crippen LogP contribution in [0.25, 0.3) is 10.9 Å². The zero-order chi connectivity index (χ0) is 9.42. The fraction of sp³-hybridized carbons (Fsp3) is 0. The maximum Gasteiger partial charge on any atom is 0.149 e. The van der Waals surface area contributed by atoms with E-state index in [-0.39, 0.29) is 5.82 Å². The van der Waals surface area contributed by atoms with E-state index >= 15 is 0 Å². The van der Waals surface area contributed by atoms with Crippen LogP contribution >= 0.6 is 27.5 Å². The van der Waals surface area contributed by atoms with Crippen molar-refractivity contribution in [3.63, 3.8) is 0 Å². The van der Waals surface area contributed by atoms with Gasteiger partial charge in [-0.05, 0) is 18.2 Å². The van der Waals surface area contributed by atoms with Gasteiger partial charge in [0.1, 0.15) is 11.3 Å². The maximum atomic E-state index is 13.2. The Morgan fingerprint density at radius 1 is 1.31 bits per heavy atom. The molecule has 1 heterocycles. The molecule has 1 aromatic heterocycles. The second kappa shape index (κ2) is 3.24. The lowest BCUT2D eigenvalue weighted by molar-refractivity contribution is 0.636. The van der Waals surface area contributed by atoms with Crippen molar-refractivity contribution in [1.29, 1.82) is 0 Å². The second-order valence-electron chi connectivity index (χ2n) is 2.55. The summed E-state index contributed by atoms with van der Waals surface area (Å²) in [6.45, 7) is 0. The standard InChI is InChI=1S/C9H4BrClFN/c10-5-1-2-7(12)9-8(5)6(11)3-4-13-9/h1-4H. The van der Waals surface area contributed by atoms with Gasteiger partial charge in [0.2, 0.25) is 0 Å². The van der Waals surface area contributed by atoms with Crippen molar-refractivity contribution in [3.05, 3.63) is 39.7 Å². The highest BCUT2D eigenvalue weighted by Crippen LogP contribution is 2.30. The van der Waals surface area contributed by atoms with E-state index in [4.69, 9.17) is 11.6 Å². The minimum Gasteiger partial charge on any atom is -0.253 e. The molecule has 0 aliphatic rings. The van der Waals surface area contributed by atoms with Gasteiger partial charge in [0.15, 0.2) is 0 Å². The molecule has 0 amide bonds. The summed E-state index contributed by atoms with van der Waals surface area (Å²) in [6, 6.07) is 4.61. The molecule has 1 aromatic carbocycles. The third kappa shape index (κ3) is 1.42. The van der Waals surface area contributed by atoms with Crippen molar-refractivity contribution < 1.29 is 4.39 Å². The Balaban J connectivity index is 3.00. The van der Waals surface area contributed by atoms with Crippen LogP contribution in [0.3, 0.4) is 0 Å². The first-order chi connectivity index (χ1) is 6.20. The molecule has 0 unspecified atom stereocenters. The monoisotopic (exact) mass is 259 g/mol. The van der Waals surface area contributed by atoms with Crippen molar-refractivity contribution in [2.75, 3.05) is 0 Å². The fourth-order valence-electron chi connectivity index (χ4n) is 1.16. The first-order valence-corrected chi connectivity index (χ1v) is 4.75. The van der Waals surface area contributed by atoms with Gasteiger partial charge in [0.25, 0.3) is 0 Å². The Bertz CT molecular complexity index is 464. The summed E-state index contributed by atoms with van der Waals surface area (Å²) in [7, 11) is 0. The molecule has 0 atom stereocenters. The van der Waals surface area contributed by atoms with Gasteiger partial charge in [-0.2, -0.15) is 0 Å². The van der Waals surface area contributed by atoms with Crippen LogP contribution in [0.15, 0.2) is 28.9 Å². The molecule has 0 N–H and O–H groups in total. The van der Waals surface area contributed by atoms with E-state index in [1.165, 1.54) is 12.3 Å². The highest BCUT2D eigenvalue weighted by molar-refractivity contribution is 9.10. The van der Waals surface area contributed by atoms with E-state index in [1.807, 2.05) is 0 Å². The van der Waals surface area contributed by atoms with Gasteiger partial charge < -0.3 is 0 Å². The summed E-state index contributed by atoms with van der Waals surface area (Å²) in [5.74, 6) is -0.360. The number of hydrogen-bond acceptors (Lipinski definition) is 1. The molecular formula is C9H4BrClFN. The highest BCUT2D eigenvalue weighted by Gasteiger charge is 2.07. The van der Waals surface area contributed by atoms with Gasteiger partial charge in [-0.3, -0.25) is 4.98 Å². The predicted octanol–water partition coefficient (Wildman–Crippen LogP) is 3.79. The Hall–Kier alpha value is -0.670. The van der Waals surface area contributed by atoms with Crippen molar-refractivity contribution >= 4 is 38.4 Å². The number of benzene rings is 1. The molecule has 2 rings (SSSR count). The van der Waals surface area contributed by atoms with Gasteiger partial charge in [-0.15, -0.1) is 0 Å². The Kier molecular flexibility index (Phi) is 2.22. The Morgan fingerprint density at radius 2 is 2.08 bits per heavy atom. The summed E-state index contributed by atoms with van der Waals surface area (Å²) in [5, 5.41) is 1.11. The molecule has 0 saturated carbocycles. The predicted molar refractivity (Wildman–Crippen MR) is 54.4 cm³/mol. The van der Waals surface area contributed by atoms with Crippen LogP contribution in [0.4, 0.5) is 4.39 Å². The Morgan fingerprint density at radius 3 is 2.77 bits per heavy atom. The summed E-state index contributed by atoms with van der Waals surface area (Å²) in [6.07, 6.45) is 1.49. The van der Waals surface area contributed by atoms with Crippen molar-refractivity contribution in [1.82, 2.24) is 4.98 Å². The summed E-state index contributed by atoms with van der Waals surface area (Å²) >= 11 is 9.19. The average Bonchev–Trinajstić information content (AvgIpc) is 2.12. The van der Waals surface area contributed by atoms with Crippen LogP contribution in [0, 0.1) is 5.82 Å². The number of fused-ring (bicyclic) bond motifs is 1. The van der Waals surface area contributed by atoms with Crippen molar-refractivity contribution in [3.8, 4) is 0 Å². The summed E-state index contributed by atoms with van der Waals surface area (Å²) < 4.78 is 14.0. The van der Waals surface area contributed by atoms with Gasteiger partial charge in [-0.1, -0.05) is 27.5 Å². The van der Waals surface area contributed by atoms with Crippen LogP contribution in [0.1, 0.15) is 0 Å². The molecule has 1 nitrogen and oxygen atoms in total. The quantitative estimate of drug-likeness (QED) is 0.702. The van der Waals surface area contributed by atoms with Gasteiger partial charge in [0.05, 0.1) is 5.02 Å². The number of pyridine rings is 1. The van der Waals surface area contributed by atoms with E-state index < -0.39 is 0 Å². The Labute approximate surface area is 87.7 Å². The molecule has 0 saturated heterocycles. The lowest BCUT2D eigenvalue weighted by atomic mass is 10.2. The average molecular weight is 260 g/mol. The normalized spacial score (nSPS) is 10.7. The smallest absolute Gasteiger partial charge is 0.149 e. The molecule has 0 fully saturated rings. The largest absolute Gasteiger partial charge is 0.253 e. The van der Waals surface area contributed by atoms with E-state index in [0.717, 1.165) is 4.47 Å². The molecule has 0 bridgehead atoms. The first kappa shape index (κ1) is 8.91. The lowest BCUT2D eigenvalue weighted by Gasteiger charge is -2.02. The lowest BCUT2D eigenvalue weighted by Crippen LogP contribution is -1.85. The van der Waals surface area contributed by atoms with E-state index in [1.54, 1.807) is 12.1 Å². The molecule has 4 heteroatoms. The van der Waals surface area contributed by atoms with Gasteiger partial charge in [0, 0.05) is 16.1 Å². The first-order valence-electron chi connectivity index (χ1n) is 3.58. The number of halogens is 3. The third-order valence-corrected chi connectivity index (χ3v) is 2.72. The van der Waals surface area contributed by atoms with Crippen LogP contribution in [-0.2, 0) is 0 Å². The number of hydrogen-bond donors (Lipinski definition) is 0. The van der Waals surface area contributed by atoms with Crippen molar-refractivity contribution in [2.45, 2.75) is 0 Å². The molecule has 13 heavy (non-hydrogen) atoms. The zero-order valence-corrected chi connectivity index (χ0v) is 8.73. The molecule has 0 aliphatic carbocycles. The van der Waals surface area contributed by atoms with E-state index in [9.17, 15) is 4.39 Å². The SMILES string of the molecule is Fc1ccc(Br)c2c(Cl)ccnc12. The van der Waals surface area contributed by atoms with Crippen LogP contribution in [0.5, 0.6) is 0 Å². The second-order valence-corrected chi connectivity index (χ2v) is 3.81. The topological polar surface area (TPSA) is 12.9 Å². The van der Waals surface area contributed by atoms with Gasteiger partial charge in [-0.25, -0.2) is 4.39 Å². The zero-order valence-electron chi connectivity index (χ0n) is 6.39. The minimum atomic E-state index is -0.360. The summed E-state index contributed by atoms with van der Waals surface area (Å²) in [5.41, 5.74) is 0.293. The molecule has 0 aliphatic heterocycles. The molecule has 0 radical (unpaired) electrons. The van der Waals surface area contributed by atoms with Crippen molar-refractivity contribution in [2.24, 2.45) is 0 Å². The highest BCUT2D eigenvalue weighted by atomic mass is 79.9. The number of aromatic nitrogens is 1. The molecular weight excluding hydrogens is 256 g/mol. The third-order valence-electron chi connectivity index (χ3n) is 1.74. The van der Waals surface area contributed by atoms with Crippen LogP contribution in [0.2, 0.25) is 5.02 Å². The number of rotatable bonds is 0. The van der Waals surface area contributed by atoms with Crippen LogP contribution < -0.4 is 0 Å².